The molecule has 5 heteroatoms. The van der Waals surface area contributed by atoms with Gasteiger partial charge in [0.05, 0.1) is 11.3 Å². The lowest BCUT2D eigenvalue weighted by Crippen LogP contribution is -2.19. The molecule has 1 fully saturated rings. The van der Waals surface area contributed by atoms with Gasteiger partial charge in [0, 0.05) is 11.7 Å². The number of carbonyl (C=O) groups excluding carboxylic acids is 1. The number of nitrogens with one attached hydrogen (secondary N) is 1. The van der Waals surface area contributed by atoms with Gasteiger partial charge in [0.2, 0.25) is 0 Å². The number of hydrogen-bond acceptors (Lipinski definition) is 3. The molecule has 0 aromatic heterocycles. The van der Waals surface area contributed by atoms with E-state index in [2.05, 4.69) is 12.2 Å². The molecule has 1 saturated carbocycles. The summed E-state index contributed by atoms with van der Waals surface area (Å²) < 4.78 is 13.7. The SMILES string of the molecule is CC1CCC(Nc2cc(C(N)=O)c(N)cc2F)C1. The summed E-state index contributed by atoms with van der Waals surface area (Å²) in [6.07, 6.45) is 3.16. The number of benzene rings is 1. The normalized spacial score (nSPS) is 23.0. The molecule has 1 aromatic carbocycles. The first-order chi connectivity index (χ1) is 8.47. The molecule has 0 bridgehead atoms. The molecule has 0 aliphatic heterocycles. The van der Waals surface area contributed by atoms with Crippen LogP contribution in [-0.2, 0) is 0 Å². The summed E-state index contributed by atoms with van der Waals surface area (Å²) in [6.45, 7) is 2.18. The van der Waals surface area contributed by atoms with Gasteiger partial charge in [-0.25, -0.2) is 4.39 Å². The minimum Gasteiger partial charge on any atom is -0.398 e. The van der Waals surface area contributed by atoms with E-state index < -0.39 is 11.7 Å². The van der Waals surface area contributed by atoms with Gasteiger partial charge in [0.25, 0.3) is 5.91 Å². The van der Waals surface area contributed by atoms with Gasteiger partial charge >= 0.3 is 0 Å². The molecular weight excluding hydrogens is 233 g/mol. The van der Waals surface area contributed by atoms with Crippen molar-refractivity contribution in [2.24, 2.45) is 11.7 Å². The molecule has 1 aliphatic rings. The van der Waals surface area contributed by atoms with Gasteiger partial charge in [-0.2, -0.15) is 0 Å². The Bertz CT molecular complexity index is 476. The molecule has 0 spiro atoms. The van der Waals surface area contributed by atoms with Gasteiger partial charge < -0.3 is 16.8 Å². The second-order valence-corrected chi connectivity index (χ2v) is 5.04. The average molecular weight is 251 g/mol. The van der Waals surface area contributed by atoms with E-state index in [1.54, 1.807) is 0 Å². The molecule has 5 N–H and O–H groups in total. The summed E-state index contributed by atoms with van der Waals surface area (Å²) in [6, 6.07) is 2.79. The number of primary amides is 1. The van der Waals surface area contributed by atoms with E-state index in [0.717, 1.165) is 25.3 Å². The van der Waals surface area contributed by atoms with Gasteiger partial charge in [0.15, 0.2) is 0 Å². The lowest BCUT2D eigenvalue weighted by atomic mass is 10.1. The molecule has 1 amide bonds. The Morgan fingerprint density at radius 1 is 1.44 bits per heavy atom. The van der Waals surface area contributed by atoms with Gasteiger partial charge in [-0.15, -0.1) is 0 Å². The van der Waals surface area contributed by atoms with Crippen LogP contribution in [0.25, 0.3) is 0 Å². The summed E-state index contributed by atoms with van der Waals surface area (Å²) in [5.74, 6) is -0.442. The summed E-state index contributed by atoms with van der Waals surface area (Å²) in [4.78, 5) is 11.2. The standard InChI is InChI=1S/C13H18FN3O/c1-7-2-3-8(4-7)17-12-5-9(13(16)18)11(15)6-10(12)14/h5-8,17H,2-4,15H2,1H3,(H2,16,18). The first-order valence-electron chi connectivity index (χ1n) is 6.12. The fourth-order valence-corrected chi connectivity index (χ4v) is 2.47. The predicted molar refractivity (Wildman–Crippen MR) is 69.8 cm³/mol. The topological polar surface area (TPSA) is 81.1 Å². The van der Waals surface area contributed by atoms with Crippen molar-refractivity contribution in [2.75, 3.05) is 11.1 Å². The maximum Gasteiger partial charge on any atom is 0.250 e. The largest absolute Gasteiger partial charge is 0.398 e. The monoisotopic (exact) mass is 251 g/mol. The number of amides is 1. The van der Waals surface area contributed by atoms with Crippen molar-refractivity contribution in [3.63, 3.8) is 0 Å². The van der Waals surface area contributed by atoms with Gasteiger partial charge in [-0.1, -0.05) is 6.92 Å². The van der Waals surface area contributed by atoms with Crippen molar-refractivity contribution >= 4 is 17.3 Å². The van der Waals surface area contributed by atoms with Crippen LogP contribution in [0.4, 0.5) is 15.8 Å². The van der Waals surface area contributed by atoms with E-state index >= 15 is 0 Å². The molecule has 4 nitrogen and oxygen atoms in total. The van der Waals surface area contributed by atoms with Crippen molar-refractivity contribution in [2.45, 2.75) is 32.2 Å². The molecule has 2 unspecified atom stereocenters. The van der Waals surface area contributed by atoms with Crippen LogP contribution in [0, 0.1) is 11.7 Å². The summed E-state index contributed by atoms with van der Waals surface area (Å²) >= 11 is 0. The maximum absolute atomic E-state index is 13.7. The molecule has 1 aliphatic carbocycles. The fourth-order valence-electron chi connectivity index (χ4n) is 2.47. The molecule has 0 radical (unpaired) electrons. The third-order valence-corrected chi connectivity index (χ3v) is 3.46. The van der Waals surface area contributed by atoms with Crippen LogP contribution in [0.1, 0.15) is 36.5 Å². The zero-order valence-electron chi connectivity index (χ0n) is 10.4. The Labute approximate surface area is 106 Å². The Kier molecular flexibility index (Phi) is 3.41. The van der Waals surface area contributed by atoms with Crippen LogP contribution in [0.15, 0.2) is 12.1 Å². The summed E-state index contributed by atoms with van der Waals surface area (Å²) in [5.41, 5.74) is 11.3. The quantitative estimate of drug-likeness (QED) is 0.720. The second-order valence-electron chi connectivity index (χ2n) is 5.04. The molecule has 2 atom stereocenters. The van der Waals surface area contributed by atoms with E-state index in [-0.39, 0.29) is 17.3 Å². The molecule has 0 heterocycles. The number of nitrogen functional groups attached to an aromatic ring is 1. The Morgan fingerprint density at radius 3 is 2.72 bits per heavy atom. The first kappa shape index (κ1) is 12.7. The van der Waals surface area contributed by atoms with Gasteiger partial charge in [-0.05, 0) is 37.3 Å². The Balaban J connectivity index is 2.22. The molecule has 1 aromatic rings. The third kappa shape index (κ3) is 2.55. The molecular formula is C13H18FN3O. The molecule has 18 heavy (non-hydrogen) atoms. The van der Waals surface area contributed by atoms with Gasteiger partial charge in [-0.3, -0.25) is 4.79 Å². The Hall–Kier alpha value is -1.78. The number of rotatable bonds is 3. The van der Waals surface area contributed by atoms with Crippen molar-refractivity contribution < 1.29 is 9.18 Å². The highest BCUT2D eigenvalue weighted by molar-refractivity contribution is 5.99. The zero-order valence-corrected chi connectivity index (χ0v) is 10.4. The Morgan fingerprint density at radius 2 is 2.17 bits per heavy atom. The molecule has 2 rings (SSSR count). The van der Waals surface area contributed by atoms with E-state index in [0.29, 0.717) is 11.6 Å². The number of halogens is 1. The van der Waals surface area contributed by atoms with E-state index in [1.807, 2.05) is 0 Å². The van der Waals surface area contributed by atoms with Crippen molar-refractivity contribution in [3.8, 4) is 0 Å². The predicted octanol–water partition coefficient (Wildman–Crippen LogP) is 2.11. The van der Waals surface area contributed by atoms with Crippen LogP contribution in [0.3, 0.4) is 0 Å². The minimum atomic E-state index is -0.643. The van der Waals surface area contributed by atoms with Crippen LogP contribution in [0.2, 0.25) is 0 Å². The lowest BCUT2D eigenvalue weighted by molar-refractivity contribution is 0.100. The third-order valence-electron chi connectivity index (χ3n) is 3.46. The van der Waals surface area contributed by atoms with Crippen LogP contribution in [-0.4, -0.2) is 11.9 Å². The van der Waals surface area contributed by atoms with Gasteiger partial charge in [0.1, 0.15) is 5.82 Å². The van der Waals surface area contributed by atoms with Crippen LogP contribution in [0.5, 0.6) is 0 Å². The number of hydrogen-bond donors (Lipinski definition) is 3. The van der Waals surface area contributed by atoms with Crippen molar-refractivity contribution in [3.05, 3.63) is 23.5 Å². The highest BCUT2D eigenvalue weighted by Gasteiger charge is 2.22. The van der Waals surface area contributed by atoms with E-state index in [9.17, 15) is 9.18 Å². The highest BCUT2D eigenvalue weighted by Crippen LogP contribution is 2.29. The van der Waals surface area contributed by atoms with Crippen LogP contribution < -0.4 is 16.8 Å². The van der Waals surface area contributed by atoms with E-state index in [4.69, 9.17) is 11.5 Å². The summed E-state index contributed by atoms with van der Waals surface area (Å²) in [5, 5.41) is 3.12. The maximum atomic E-state index is 13.7. The average Bonchev–Trinajstić information content (AvgIpc) is 2.67. The first-order valence-corrected chi connectivity index (χ1v) is 6.12. The number of nitrogens with two attached hydrogens (primary N) is 2. The summed E-state index contributed by atoms with van der Waals surface area (Å²) in [7, 11) is 0. The van der Waals surface area contributed by atoms with E-state index in [1.165, 1.54) is 6.07 Å². The fraction of sp³-hybridized carbons (Fsp3) is 0.462. The highest BCUT2D eigenvalue weighted by atomic mass is 19.1. The van der Waals surface area contributed by atoms with Crippen molar-refractivity contribution in [1.82, 2.24) is 0 Å². The second kappa shape index (κ2) is 4.84. The lowest BCUT2D eigenvalue weighted by Gasteiger charge is -2.16. The minimum absolute atomic E-state index is 0.0744. The van der Waals surface area contributed by atoms with Crippen molar-refractivity contribution in [1.29, 1.82) is 0 Å². The number of anilines is 2. The number of carbonyl (C=O) groups is 1. The smallest absolute Gasteiger partial charge is 0.250 e. The molecule has 0 saturated heterocycles. The molecule has 98 valence electrons. The zero-order chi connectivity index (χ0) is 13.3. The van der Waals surface area contributed by atoms with Crippen LogP contribution >= 0.6 is 0 Å².